The maximum atomic E-state index is 12.3. The maximum absolute atomic E-state index is 12.3. The number of likely N-dealkylation sites (tertiary alicyclic amines) is 1. The van der Waals surface area contributed by atoms with E-state index in [1.807, 2.05) is 10.3 Å². The predicted octanol–water partition coefficient (Wildman–Crippen LogP) is 1.83. The molecule has 1 aliphatic rings. The first kappa shape index (κ1) is 14.8. The van der Waals surface area contributed by atoms with Crippen LogP contribution in [0.1, 0.15) is 17.6 Å². The first-order chi connectivity index (χ1) is 9.01. The van der Waals surface area contributed by atoms with E-state index in [-0.39, 0.29) is 5.91 Å². The summed E-state index contributed by atoms with van der Waals surface area (Å²) < 4.78 is 0. The highest BCUT2D eigenvalue weighted by Gasteiger charge is 2.33. The maximum Gasteiger partial charge on any atom is 0.229 e. The average Bonchev–Trinajstić information content (AvgIpc) is 2.95. The number of alkyl halides is 1. The van der Waals surface area contributed by atoms with Gasteiger partial charge in [-0.1, -0.05) is 6.92 Å². The van der Waals surface area contributed by atoms with Crippen molar-refractivity contribution in [2.75, 3.05) is 27.2 Å². The van der Waals surface area contributed by atoms with Crippen LogP contribution in [-0.2, 0) is 17.1 Å². The largest absolute Gasteiger partial charge is 0.340 e. The van der Waals surface area contributed by atoms with E-state index in [9.17, 15) is 4.79 Å². The molecule has 1 amide bonds. The molecular weight excluding hydrogens is 282 g/mol. The molecule has 1 aromatic heterocycles. The fourth-order valence-electron chi connectivity index (χ4n) is 2.56. The van der Waals surface area contributed by atoms with E-state index >= 15 is 0 Å². The van der Waals surface area contributed by atoms with Crippen LogP contribution in [0.5, 0.6) is 0 Å². The van der Waals surface area contributed by atoms with Gasteiger partial charge in [-0.2, -0.15) is 0 Å². The van der Waals surface area contributed by atoms with E-state index in [1.54, 1.807) is 0 Å². The van der Waals surface area contributed by atoms with Gasteiger partial charge in [0.1, 0.15) is 5.01 Å². The van der Waals surface area contributed by atoms with Crippen molar-refractivity contribution in [2.45, 2.75) is 25.3 Å². The van der Waals surface area contributed by atoms with Crippen molar-refractivity contribution >= 4 is 28.8 Å². The predicted molar refractivity (Wildman–Crippen MR) is 78.6 cm³/mol. The van der Waals surface area contributed by atoms with E-state index in [0.717, 1.165) is 23.8 Å². The number of aromatic nitrogens is 1. The summed E-state index contributed by atoms with van der Waals surface area (Å²) in [6.07, 6.45) is 0.397. The quantitative estimate of drug-likeness (QED) is 0.796. The number of carbonyl (C=O) groups is 1. The van der Waals surface area contributed by atoms with Gasteiger partial charge in [-0.15, -0.1) is 22.9 Å². The normalized spacial score (nSPS) is 23.3. The smallest absolute Gasteiger partial charge is 0.229 e. The number of thiazole rings is 1. The topological polar surface area (TPSA) is 36.4 Å². The fourth-order valence-corrected chi connectivity index (χ4v) is 3.57. The molecule has 19 heavy (non-hydrogen) atoms. The van der Waals surface area contributed by atoms with Crippen LogP contribution in [0, 0.1) is 5.92 Å². The summed E-state index contributed by atoms with van der Waals surface area (Å²) in [6.45, 7) is 3.86. The van der Waals surface area contributed by atoms with Crippen molar-refractivity contribution in [2.24, 2.45) is 5.92 Å². The minimum absolute atomic E-state index is 0.173. The van der Waals surface area contributed by atoms with Crippen LogP contribution in [0.3, 0.4) is 0 Å². The molecule has 0 radical (unpaired) electrons. The number of amides is 1. The molecule has 2 atom stereocenters. The van der Waals surface area contributed by atoms with E-state index < -0.39 is 0 Å². The Morgan fingerprint density at radius 3 is 2.84 bits per heavy atom. The Bertz CT molecular complexity index is 449. The average molecular weight is 302 g/mol. The highest BCUT2D eigenvalue weighted by Crippen LogP contribution is 2.21. The molecule has 0 spiro atoms. The van der Waals surface area contributed by atoms with E-state index in [0.29, 0.717) is 24.3 Å². The lowest BCUT2D eigenvalue weighted by Crippen LogP contribution is -2.36. The highest BCUT2D eigenvalue weighted by atomic mass is 35.5. The highest BCUT2D eigenvalue weighted by molar-refractivity contribution is 7.09. The number of rotatable bonds is 4. The van der Waals surface area contributed by atoms with Crippen LogP contribution in [0.2, 0.25) is 0 Å². The molecule has 0 saturated carbocycles. The summed E-state index contributed by atoms with van der Waals surface area (Å²) in [7, 11) is 4.14. The van der Waals surface area contributed by atoms with Crippen molar-refractivity contribution in [3.8, 4) is 0 Å². The van der Waals surface area contributed by atoms with Gasteiger partial charge >= 0.3 is 0 Å². The van der Waals surface area contributed by atoms with Gasteiger partial charge in [0.15, 0.2) is 0 Å². The third-order valence-corrected chi connectivity index (χ3v) is 4.80. The van der Waals surface area contributed by atoms with Gasteiger partial charge < -0.3 is 9.80 Å². The summed E-state index contributed by atoms with van der Waals surface area (Å²) in [6, 6.07) is 0.457. The first-order valence-electron chi connectivity index (χ1n) is 6.44. The van der Waals surface area contributed by atoms with Crippen molar-refractivity contribution in [1.82, 2.24) is 14.8 Å². The third kappa shape index (κ3) is 3.46. The van der Waals surface area contributed by atoms with Gasteiger partial charge in [-0.3, -0.25) is 4.79 Å². The zero-order valence-electron chi connectivity index (χ0n) is 11.6. The number of nitrogens with zero attached hydrogens (tertiary/aromatic N) is 3. The molecule has 1 aromatic rings. The summed E-state index contributed by atoms with van der Waals surface area (Å²) in [5.74, 6) is 1.11. The zero-order chi connectivity index (χ0) is 14.0. The van der Waals surface area contributed by atoms with Crippen LogP contribution in [0.15, 0.2) is 5.38 Å². The molecule has 0 aliphatic carbocycles. The Kier molecular flexibility index (Phi) is 4.81. The standard InChI is InChI=1S/C13H20ClN3OS/c1-9-6-17(7-11(9)16(2)3)13(18)4-12-15-10(5-14)8-19-12/h8-9,11H,4-7H2,1-3H3. The molecule has 0 bridgehead atoms. The molecule has 2 rings (SSSR count). The molecule has 6 heteroatoms. The number of halogens is 1. The molecule has 4 nitrogen and oxygen atoms in total. The minimum Gasteiger partial charge on any atom is -0.340 e. The molecule has 106 valence electrons. The Hall–Kier alpha value is -0.650. The molecule has 0 aromatic carbocycles. The molecule has 1 fully saturated rings. The zero-order valence-corrected chi connectivity index (χ0v) is 13.2. The van der Waals surface area contributed by atoms with Gasteiger partial charge in [0.05, 0.1) is 18.0 Å². The van der Waals surface area contributed by atoms with Crippen molar-refractivity contribution < 1.29 is 4.79 Å². The van der Waals surface area contributed by atoms with E-state index in [2.05, 4.69) is 30.9 Å². The number of likely N-dealkylation sites (N-methyl/N-ethyl adjacent to an activating group) is 1. The molecule has 1 saturated heterocycles. The third-order valence-electron chi connectivity index (χ3n) is 3.63. The molecule has 2 unspecified atom stereocenters. The Morgan fingerprint density at radius 2 is 2.32 bits per heavy atom. The lowest BCUT2D eigenvalue weighted by Gasteiger charge is -2.22. The van der Waals surface area contributed by atoms with Gasteiger partial charge in [0.25, 0.3) is 0 Å². The van der Waals surface area contributed by atoms with E-state index in [1.165, 1.54) is 11.3 Å². The summed E-state index contributed by atoms with van der Waals surface area (Å²) >= 11 is 7.24. The van der Waals surface area contributed by atoms with E-state index in [4.69, 9.17) is 11.6 Å². The SMILES string of the molecule is CC1CN(C(=O)Cc2nc(CCl)cs2)CC1N(C)C. The number of carbonyl (C=O) groups excluding carboxylic acids is 1. The second-order valence-corrected chi connectivity index (χ2v) is 6.56. The van der Waals surface area contributed by atoms with Crippen LogP contribution >= 0.6 is 22.9 Å². The summed E-state index contributed by atoms with van der Waals surface area (Å²) in [5, 5.41) is 2.78. The molecule has 1 aliphatic heterocycles. The van der Waals surface area contributed by atoms with Gasteiger partial charge in [0, 0.05) is 24.5 Å². The Balaban J connectivity index is 1.94. The second kappa shape index (κ2) is 6.20. The van der Waals surface area contributed by atoms with Crippen molar-refractivity contribution in [3.05, 3.63) is 16.1 Å². The van der Waals surface area contributed by atoms with Crippen LogP contribution in [0.4, 0.5) is 0 Å². The van der Waals surface area contributed by atoms with Crippen LogP contribution < -0.4 is 0 Å². The second-order valence-electron chi connectivity index (χ2n) is 5.35. The Morgan fingerprint density at radius 1 is 1.58 bits per heavy atom. The monoisotopic (exact) mass is 301 g/mol. The lowest BCUT2D eigenvalue weighted by atomic mass is 10.1. The van der Waals surface area contributed by atoms with Gasteiger partial charge in [0.2, 0.25) is 5.91 Å². The van der Waals surface area contributed by atoms with Crippen molar-refractivity contribution in [3.63, 3.8) is 0 Å². The Labute approximate surface area is 123 Å². The van der Waals surface area contributed by atoms with Gasteiger partial charge in [-0.05, 0) is 20.0 Å². The van der Waals surface area contributed by atoms with Crippen LogP contribution in [0.25, 0.3) is 0 Å². The number of hydrogen-bond donors (Lipinski definition) is 0. The van der Waals surface area contributed by atoms with Crippen LogP contribution in [-0.4, -0.2) is 53.9 Å². The summed E-state index contributed by atoms with van der Waals surface area (Å²) in [5.41, 5.74) is 0.857. The summed E-state index contributed by atoms with van der Waals surface area (Å²) in [4.78, 5) is 20.8. The van der Waals surface area contributed by atoms with Crippen molar-refractivity contribution in [1.29, 1.82) is 0 Å². The lowest BCUT2D eigenvalue weighted by molar-refractivity contribution is -0.129. The van der Waals surface area contributed by atoms with Gasteiger partial charge in [-0.25, -0.2) is 4.98 Å². The fraction of sp³-hybridized carbons (Fsp3) is 0.692. The molecule has 0 N–H and O–H groups in total. The first-order valence-corrected chi connectivity index (χ1v) is 7.86. The molecular formula is C13H20ClN3OS. The number of hydrogen-bond acceptors (Lipinski definition) is 4. The minimum atomic E-state index is 0.173. The molecule has 2 heterocycles.